The number of anilines is 1. The first kappa shape index (κ1) is 17.3. The van der Waals surface area contributed by atoms with Gasteiger partial charge in [-0.25, -0.2) is 13.4 Å². The van der Waals surface area contributed by atoms with Gasteiger partial charge in [-0.2, -0.15) is 5.10 Å². The summed E-state index contributed by atoms with van der Waals surface area (Å²) in [6.45, 7) is 6.47. The molecule has 0 unspecified atom stereocenters. The smallest absolute Gasteiger partial charge is 0.268 e. The molecule has 0 aromatic carbocycles. The highest BCUT2D eigenvalue weighted by Crippen LogP contribution is 2.23. The maximum atomic E-state index is 12.8. The predicted molar refractivity (Wildman–Crippen MR) is 88.2 cm³/mol. The normalized spacial score (nSPS) is 11.7. The molecule has 0 atom stereocenters. The van der Waals surface area contributed by atoms with E-state index in [1.807, 2.05) is 0 Å². The number of pyridine rings is 1. The van der Waals surface area contributed by atoms with Crippen molar-refractivity contribution < 1.29 is 13.2 Å². The highest BCUT2D eigenvalue weighted by Gasteiger charge is 2.26. The van der Waals surface area contributed by atoms with Gasteiger partial charge in [-0.05, 0) is 25.0 Å². The summed E-state index contributed by atoms with van der Waals surface area (Å²) in [6.07, 6.45) is 3.06. The van der Waals surface area contributed by atoms with E-state index in [2.05, 4.69) is 23.9 Å². The molecule has 126 valence electrons. The van der Waals surface area contributed by atoms with Gasteiger partial charge in [-0.1, -0.05) is 13.8 Å². The standard InChI is InChI=1S/C15H22N4O3S/c1-11(2)9-19-10-14(12(3)17-19)23(20,21)18(4)15-7-6-13(22-5)8-16-15/h6-8,10-11H,9H2,1-5H3. The average molecular weight is 338 g/mol. The zero-order valence-corrected chi connectivity index (χ0v) is 14.8. The van der Waals surface area contributed by atoms with Crippen molar-refractivity contribution >= 4 is 15.8 Å². The lowest BCUT2D eigenvalue weighted by molar-refractivity contribution is 0.413. The highest BCUT2D eigenvalue weighted by molar-refractivity contribution is 7.92. The largest absolute Gasteiger partial charge is 0.495 e. The molecular formula is C15H22N4O3S. The Labute approximate surface area is 137 Å². The third-order valence-corrected chi connectivity index (χ3v) is 5.24. The van der Waals surface area contributed by atoms with Crippen molar-refractivity contribution in [2.75, 3.05) is 18.5 Å². The van der Waals surface area contributed by atoms with E-state index in [9.17, 15) is 8.42 Å². The molecule has 0 aliphatic rings. The number of hydrogen-bond donors (Lipinski definition) is 0. The molecule has 8 heteroatoms. The van der Waals surface area contributed by atoms with E-state index in [0.29, 0.717) is 29.7 Å². The lowest BCUT2D eigenvalue weighted by Gasteiger charge is -2.17. The van der Waals surface area contributed by atoms with Crippen LogP contribution in [0.2, 0.25) is 0 Å². The minimum Gasteiger partial charge on any atom is -0.495 e. The molecule has 0 fully saturated rings. The van der Waals surface area contributed by atoms with Gasteiger partial charge in [0.25, 0.3) is 10.0 Å². The maximum absolute atomic E-state index is 12.8. The molecule has 0 N–H and O–H groups in total. The summed E-state index contributed by atoms with van der Waals surface area (Å²) in [5, 5.41) is 4.29. The first-order valence-electron chi connectivity index (χ1n) is 7.28. The van der Waals surface area contributed by atoms with Crippen molar-refractivity contribution in [1.29, 1.82) is 0 Å². The lowest BCUT2D eigenvalue weighted by Crippen LogP contribution is -2.27. The van der Waals surface area contributed by atoms with E-state index < -0.39 is 10.0 Å². The van der Waals surface area contributed by atoms with Crippen molar-refractivity contribution in [3.63, 3.8) is 0 Å². The van der Waals surface area contributed by atoms with Crippen LogP contribution in [0.4, 0.5) is 5.82 Å². The Bertz CT molecular complexity index is 767. The summed E-state index contributed by atoms with van der Waals surface area (Å²) in [6, 6.07) is 3.27. The highest BCUT2D eigenvalue weighted by atomic mass is 32.2. The molecule has 0 radical (unpaired) electrons. The van der Waals surface area contributed by atoms with E-state index in [0.717, 1.165) is 4.31 Å². The Kier molecular flexibility index (Phi) is 4.93. The van der Waals surface area contributed by atoms with Gasteiger partial charge in [0.2, 0.25) is 0 Å². The monoisotopic (exact) mass is 338 g/mol. The van der Waals surface area contributed by atoms with Gasteiger partial charge < -0.3 is 4.74 Å². The molecule has 0 saturated heterocycles. The Hall–Kier alpha value is -2.09. The minimum absolute atomic E-state index is 0.193. The Morgan fingerprint density at radius 2 is 2.04 bits per heavy atom. The predicted octanol–water partition coefficient (Wildman–Crippen LogP) is 2.08. The van der Waals surface area contributed by atoms with Crippen LogP contribution in [0.5, 0.6) is 5.75 Å². The van der Waals surface area contributed by atoms with E-state index in [-0.39, 0.29) is 4.90 Å². The second-order valence-electron chi connectivity index (χ2n) is 5.72. The summed E-state index contributed by atoms with van der Waals surface area (Å²) in [7, 11) is -0.704. The SMILES string of the molecule is COc1ccc(N(C)S(=O)(=O)c2cn(CC(C)C)nc2C)nc1. The molecule has 0 amide bonds. The number of rotatable bonds is 6. The molecule has 2 aromatic heterocycles. The molecule has 2 aromatic rings. The first-order chi connectivity index (χ1) is 10.8. The van der Waals surface area contributed by atoms with Crippen molar-refractivity contribution in [2.45, 2.75) is 32.2 Å². The molecular weight excluding hydrogens is 316 g/mol. The molecule has 2 rings (SSSR count). The molecule has 0 bridgehead atoms. The molecule has 0 aliphatic carbocycles. The second-order valence-corrected chi connectivity index (χ2v) is 7.66. The number of aryl methyl sites for hydroxylation is 1. The minimum atomic E-state index is -3.71. The van der Waals surface area contributed by atoms with Gasteiger partial charge >= 0.3 is 0 Å². The van der Waals surface area contributed by atoms with Crippen LogP contribution in [-0.4, -0.2) is 37.3 Å². The quantitative estimate of drug-likeness (QED) is 0.806. The van der Waals surface area contributed by atoms with Gasteiger partial charge in [0, 0.05) is 19.8 Å². The van der Waals surface area contributed by atoms with Crippen LogP contribution in [0.15, 0.2) is 29.4 Å². The van der Waals surface area contributed by atoms with Crippen molar-refractivity contribution in [3.05, 3.63) is 30.2 Å². The first-order valence-corrected chi connectivity index (χ1v) is 8.72. The zero-order valence-electron chi connectivity index (χ0n) is 14.0. The van der Waals surface area contributed by atoms with Gasteiger partial charge in [0.15, 0.2) is 0 Å². The van der Waals surface area contributed by atoms with E-state index in [4.69, 9.17) is 4.74 Å². The van der Waals surface area contributed by atoms with Crippen molar-refractivity contribution in [1.82, 2.24) is 14.8 Å². The van der Waals surface area contributed by atoms with Crippen LogP contribution in [-0.2, 0) is 16.6 Å². The third kappa shape index (κ3) is 3.64. The Morgan fingerprint density at radius 3 is 2.57 bits per heavy atom. The topological polar surface area (TPSA) is 77.3 Å². The summed E-state index contributed by atoms with van der Waals surface area (Å²) < 4.78 is 33.5. The molecule has 0 saturated carbocycles. The fourth-order valence-corrected chi connectivity index (χ4v) is 3.49. The Balaban J connectivity index is 2.34. The van der Waals surface area contributed by atoms with E-state index >= 15 is 0 Å². The summed E-state index contributed by atoms with van der Waals surface area (Å²) in [5.74, 6) is 1.27. The number of nitrogens with zero attached hydrogens (tertiary/aromatic N) is 4. The third-order valence-electron chi connectivity index (χ3n) is 3.37. The number of ether oxygens (including phenoxy) is 1. The molecule has 0 spiro atoms. The van der Waals surface area contributed by atoms with Gasteiger partial charge in [-0.15, -0.1) is 0 Å². The van der Waals surface area contributed by atoms with E-state index in [1.165, 1.54) is 20.4 Å². The number of sulfonamides is 1. The van der Waals surface area contributed by atoms with Crippen LogP contribution >= 0.6 is 0 Å². The number of methoxy groups -OCH3 is 1. The summed E-state index contributed by atoms with van der Waals surface area (Å²) in [5.41, 5.74) is 0.478. The van der Waals surface area contributed by atoms with Crippen LogP contribution in [0.1, 0.15) is 19.5 Å². The number of aromatic nitrogens is 3. The van der Waals surface area contributed by atoms with Gasteiger partial charge in [0.1, 0.15) is 16.5 Å². The van der Waals surface area contributed by atoms with Crippen molar-refractivity contribution in [2.24, 2.45) is 5.92 Å². The van der Waals surface area contributed by atoms with Crippen molar-refractivity contribution in [3.8, 4) is 5.75 Å². The van der Waals surface area contributed by atoms with Crippen LogP contribution in [0, 0.1) is 12.8 Å². The number of hydrogen-bond acceptors (Lipinski definition) is 5. The fraction of sp³-hybridized carbons (Fsp3) is 0.467. The molecule has 0 aliphatic heterocycles. The van der Waals surface area contributed by atoms with Gasteiger partial charge in [-0.3, -0.25) is 8.99 Å². The Morgan fingerprint density at radius 1 is 1.35 bits per heavy atom. The average Bonchev–Trinajstić information content (AvgIpc) is 2.87. The second kappa shape index (κ2) is 6.57. The summed E-state index contributed by atoms with van der Waals surface area (Å²) in [4.78, 5) is 4.31. The lowest BCUT2D eigenvalue weighted by atomic mass is 10.2. The van der Waals surface area contributed by atoms with Crippen LogP contribution in [0.3, 0.4) is 0 Å². The summed E-state index contributed by atoms with van der Waals surface area (Å²) >= 11 is 0. The van der Waals surface area contributed by atoms with E-state index in [1.54, 1.807) is 29.9 Å². The molecule has 23 heavy (non-hydrogen) atoms. The van der Waals surface area contributed by atoms with Crippen LogP contribution < -0.4 is 9.04 Å². The fourth-order valence-electron chi connectivity index (χ4n) is 2.17. The van der Waals surface area contributed by atoms with Crippen LogP contribution in [0.25, 0.3) is 0 Å². The molecule has 2 heterocycles. The molecule has 7 nitrogen and oxygen atoms in total. The maximum Gasteiger partial charge on any atom is 0.268 e. The van der Waals surface area contributed by atoms with Gasteiger partial charge in [0.05, 0.1) is 19.0 Å². The zero-order chi connectivity index (χ0) is 17.2.